The van der Waals surface area contributed by atoms with Crippen LogP contribution in [0.25, 0.3) is 0 Å². The highest BCUT2D eigenvalue weighted by Gasteiger charge is 2.20. The van der Waals surface area contributed by atoms with E-state index in [2.05, 4.69) is 38.1 Å². The van der Waals surface area contributed by atoms with Gasteiger partial charge in [-0.2, -0.15) is 0 Å². The Morgan fingerprint density at radius 3 is 2.05 bits per heavy atom. The van der Waals surface area contributed by atoms with Gasteiger partial charge in [0.1, 0.15) is 0 Å². The predicted molar refractivity (Wildman–Crippen MR) is 82.6 cm³/mol. The molecule has 0 spiro atoms. The molecule has 104 valence electrons. The first kappa shape index (κ1) is 14.3. The lowest BCUT2D eigenvalue weighted by atomic mass is 9.83. The third-order valence-electron chi connectivity index (χ3n) is 3.60. The molecule has 2 rings (SSSR count). The van der Waals surface area contributed by atoms with Gasteiger partial charge in [0.2, 0.25) is 5.91 Å². The Labute approximate surface area is 120 Å². The van der Waals surface area contributed by atoms with Gasteiger partial charge in [-0.3, -0.25) is 4.79 Å². The minimum atomic E-state index is -0.266. The summed E-state index contributed by atoms with van der Waals surface area (Å²) in [6.45, 7) is 4.34. The number of hydrogen-bond acceptors (Lipinski definition) is 1. The highest BCUT2D eigenvalue weighted by molar-refractivity contribution is 5.75. The maximum atomic E-state index is 11.5. The fraction of sp³-hybridized carbons (Fsp3) is 0.278. The number of primary amides is 1. The van der Waals surface area contributed by atoms with E-state index in [1.807, 2.05) is 30.3 Å². The smallest absolute Gasteiger partial charge is 0.218 e. The maximum Gasteiger partial charge on any atom is 0.218 e. The van der Waals surface area contributed by atoms with Gasteiger partial charge in [-0.25, -0.2) is 0 Å². The summed E-state index contributed by atoms with van der Waals surface area (Å²) in [6, 6.07) is 18.4. The van der Waals surface area contributed by atoms with Gasteiger partial charge < -0.3 is 5.73 Å². The molecule has 0 fully saturated rings. The Morgan fingerprint density at radius 1 is 0.950 bits per heavy atom. The Balaban J connectivity index is 2.50. The molecule has 0 aromatic heterocycles. The van der Waals surface area contributed by atoms with E-state index in [1.54, 1.807) is 0 Å². The van der Waals surface area contributed by atoms with Crippen LogP contribution in [0.3, 0.4) is 0 Å². The zero-order chi connectivity index (χ0) is 14.5. The van der Waals surface area contributed by atoms with Crippen LogP contribution >= 0.6 is 0 Å². The third kappa shape index (κ3) is 3.27. The van der Waals surface area contributed by atoms with Gasteiger partial charge in [0.15, 0.2) is 0 Å². The van der Waals surface area contributed by atoms with Crippen LogP contribution in [-0.2, 0) is 4.79 Å². The number of carbonyl (C=O) groups is 1. The van der Waals surface area contributed by atoms with Crippen LogP contribution in [0, 0.1) is 0 Å². The van der Waals surface area contributed by atoms with Crippen molar-refractivity contribution in [1.29, 1.82) is 0 Å². The van der Waals surface area contributed by atoms with E-state index in [0.29, 0.717) is 12.3 Å². The Hall–Kier alpha value is -2.09. The van der Waals surface area contributed by atoms with Gasteiger partial charge in [0.05, 0.1) is 0 Å². The second kappa shape index (κ2) is 6.38. The molecule has 2 nitrogen and oxygen atoms in total. The summed E-state index contributed by atoms with van der Waals surface area (Å²) in [5.41, 5.74) is 9.08. The normalized spacial score (nSPS) is 12.3. The van der Waals surface area contributed by atoms with Gasteiger partial charge in [-0.05, 0) is 22.6 Å². The number of hydrogen-bond donors (Lipinski definition) is 1. The lowest BCUT2D eigenvalue weighted by Gasteiger charge is -2.21. The zero-order valence-electron chi connectivity index (χ0n) is 12.0. The first-order valence-corrected chi connectivity index (χ1v) is 7.01. The minimum Gasteiger partial charge on any atom is -0.370 e. The van der Waals surface area contributed by atoms with Crippen LogP contribution in [0.5, 0.6) is 0 Å². The van der Waals surface area contributed by atoms with E-state index < -0.39 is 0 Å². The largest absolute Gasteiger partial charge is 0.370 e. The van der Waals surface area contributed by atoms with Crippen LogP contribution in [0.15, 0.2) is 54.6 Å². The molecule has 1 atom stereocenters. The maximum absolute atomic E-state index is 11.5. The third-order valence-corrected chi connectivity index (χ3v) is 3.60. The van der Waals surface area contributed by atoms with E-state index >= 15 is 0 Å². The van der Waals surface area contributed by atoms with Gasteiger partial charge in [-0.15, -0.1) is 0 Å². The van der Waals surface area contributed by atoms with E-state index in [0.717, 1.165) is 5.56 Å². The van der Waals surface area contributed by atoms with E-state index in [1.165, 1.54) is 11.1 Å². The van der Waals surface area contributed by atoms with Gasteiger partial charge in [0, 0.05) is 12.3 Å². The summed E-state index contributed by atoms with van der Waals surface area (Å²) < 4.78 is 0. The molecule has 20 heavy (non-hydrogen) atoms. The second-order valence-electron chi connectivity index (χ2n) is 5.42. The highest BCUT2D eigenvalue weighted by atomic mass is 16.1. The van der Waals surface area contributed by atoms with Gasteiger partial charge in [-0.1, -0.05) is 68.4 Å². The van der Waals surface area contributed by atoms with E-state index in [9.17, 15) is 4.79 Å². The minimum absolute atomic E-state index is 0.0345. The van der Waals surface area contributed by atoms with Crippen LogP contribution in [0.4, 0.5) is 0 Å². The first-order valence-electron chi connectivity index (χ1n) is 7.01. The van der Waals surface area contributed by atoms with Crippen molar-refractivity contribution >= 4 is 5.91 Å². The number of nitrogens with two attached hydrogens (primary N) is 1. The molecule has 2 N–H and O–H groups in total. The average Bonchev–Trinajstić information content (AvgIpc) is 2.45. The SMILES string of the molecule is CC(C)c1ccccc1C(CC(N)=O)c1ccccc1. The van der Waals surface area contributed by atoms with Crippen molar-refractivity contribution < 1.29 is 4.79 Å². The topological polar surface area (TPSA) is 43.1 Å². The van der Waals surface area contributed by atoms with Crippen molar-refractivity contribution in [3.8, 4) is 0 Å². The predicted octanol–water partition coefficient (Wildman–Crippen LogP) is 3.82. The summed E-state index contributed by atoms with van der Waals surface area (Å²) in [4.78, 5) is 11.5. The molecule has 0 radical (unpaired) electrons. The van der Waals surface area contributed by atoms with Crippen LogP contribution in [0.1, 0.15) is 48.8 Å². The lowest BCUT2D eigenvalue weighted by Crippen LogP contribution is -2.17. The van der Waals surface area contributed by atoms with Gasteiger partial charge in [0.25, 0.3) is 0 Å². The zero-order valence-corrected chi connectivity index (χ0v) is 12.0. The highest BCUT2D eigenvalue weighted by Crippen LogP contribution is 2.33. The van der Waals surface area contributed by atoms with Crippen molar-refractivity contribution in [2.24, 2.45) is 5.73 Å². The van der Waals surface area contributed by atoms with Crippen LogP contribution in [-0.4, -0.2) is 5.91 Å². The Kier molecular flexibility index (Phi) is 4.57. The molecule has 1 amide bonds. The average molecular weight is 267 g/mol. The lowest BCUT2D eigenvalue weighted by molar-refractivity contribution is -0.118. The molecule has 2 aromatic carbocycles. The van der Waals surface area contributed by atoms with Gasteiger partial charge >= 0.3 is 0 Å². The van der Waals surface area contributed by atoms with Crippen molar-refractivity contribution in [2.75, 3.05) is 0 Å². The summed E-state index contributed by atoms with van der Waals surface area (Å²) in [7, 11) is 0. The molecule has 0 saturated heterocycles. The molecule has 0 aliphatic heterocycles. The standard InChI is InChI=1S/C18H21NO/c1-13(2)15-10-6-7-11-16(15)17(12-18(19)20)14-8-4-3-5-9-14/h3-11,13,17H,12H2,1-2H3,(H2,19,20). The summed E-state index contributed by atoms with van der Waals surface area (Å²) in [5.74, 6) is 0.190. The fourth-order valence-electron chi connectivity index (χ4n) is 2.65. The first-order chi connectivity index (χ1) is 9.59. The number of amides is 1. The Bertz CT molecular complexity index is 575. The number of carbonyl (C=O) groups excluding carboxylic acids is 1. The Morgan fingerprint density at radius 2 is 1.50 bits per heavy atom. The summed E-state index contributed by atoms with van der Waals surface area (Å²) in [6.07, 6.45) is 0.341. The molecule has 0 saturated carbocycles. The number of benzene rings is 2. The quantitative estimate of drug-likeness (QED) is 0.879. The molecular weight excluding hydrogens is 246 g/mol. The van der Waals surface area contributed by atoms with Crippen molar-refractivity contribution in [2.45, 2.75) is 32.1 Å². The molecule has 2 heteroatoms. The van der Waals surface area contributed by atoms with Crippen molar-refractivity contribution in [3.63, 3.8) is 0 Å². The van der Waals surface area contributed by atoms with Crippen molar-refractivity contribution in [3.05, 3.63) is 71.3 Å². The summed E-state index contributed by atoms with van der Waals surface area (Å²) in [5, 5.41) is 0. The molecule has 2 aromatic rings. The van der Waals surface area contributed by atoms with E-state index in [4.69, 9.17) is 5.73 Å². The van der Waals surface area contributed by atoms with Crippen LogP contribution in [0.2, 0.25) is 0 Å². The summed E-state index contributed by atoms with van der Waals surface area (Å²) >= 11 is 0. The molecule has 0 heterocycles. The molecular formula is C18H21NO. The van der Waals surface area contributed by atoms with Crippen LogP contribution < -0.4 is 5.73 Å². The van der Waals surface area contributed by atoms with E-state index in [-0.39, 0.29) is 11.8 Å². The molecule has 0 bridgehead atoms. The molecule has 0 aliphatic rings. The fourth-order valence-corrected chi connectivity index (χ4v) is 2.65. The monoisotopic (exact) mass is 267 g/mol. The van der Waals surface area contributed by atoms with Crippen molar-refractivity contribution in [1.82, 2.24) is 0 Å². The number of rotatable bonds is 5. The molecule has 0 aliphatic carbocycles. The second-order valence-corrected chi connectivity index (χ2v) is 5.42. The molecule has 1 unspecified atom stereocenters.